The molecule has 39 heavy (non-hydrogen) atoms. The molecule has 208 valence electrons. The molecule has 3 aliphatic heterocycles. The van der Waals surface area contributed by atoms with Crippen LogP contribution in [0.5, 0.6) is 11.5 Å². The van der Waals surface area contributed by atoms with E-state index in [2.05, 4.69) is 4.90 Å². The zero-order valence-electron chi connectivity index (χ0n) is 22.6. The third-order valence-electron chi connectivity index (χ3n) is 8.23. The van der Waals surface area contributed by atoms with Gasteiger partial charge in [0.15, 0.2) is 11.6 Å². The van der Waals surface area contributed by atoms with Crippen LogP contribution in [0.1, 0.15) is 52.4 Å². The van der Waals surface area contributed by atoms with E-state index in [0.717, 1.165) is 50.5 Å². The Bertz CT molecular complexity index is 1380. The molecule has 3 aromatic rings. The molecule has 0 amide bonds. The average molecular weight is 537 g/mol. The van der Waals surface area contributed by atoms with Crippen molar-refractivity contribution in [2.45, 2.75) is 82.3 Å². The Morgan fingerprint density at radius 1 is 1.08 bits per heavy atom. The number of piperidine rings is 1. The number of halogens is 1. The maximum Gasteiger partial charge on any atom is 0.262 e. The number of aromatic nitrogens is 1. The van der Waals surface area contributed by atoms with Crippen LogP contribution in [0.4, 0.5) is 4.39 Å². The summed E-state index contributed by atoms with van der Waals surface area (Å²) in [7, 11) is 0. The number of hydrogen-bond acceptors (Lipinski definition) is 6. The maximum atomic E-state index is 15.2. The molecular formula is C31H37FN2O5. The molecule has 8 heteroatoms. The normalized spacial score (nSPS) is 25.3. The van der Waals surface area contributed by atoms with Crippen LogP contribution >= 0.6 is 0 Å². The van der Waals surface area contributed by atoms with Crippen molar-refractivity contribution < 1.29 is 23.7 Å². The van der Waals surface area contributed by atoms with E-state index >= 15 is 4.39 Å². The molecule has 0 aliphatic carbocycles. The first-order valence-corrected chi connectivity index (χ1v) is 14.1. The lowest BCUT2D eigenvalue weighted by Crippen LogP contribution is -2.51. The first-order valence-electron chi connectivity index (χ1n) is 14.1. The molecule has 0 spiro atoms. The van der Waals surface area contributed by atoms with E-state index in [1.54, 1.807) is 30.5 Å². The number of benzene rings is 2. The minimum absolute atomic E-state index is 0.0686. The highest BCUT2D eigenvalue weighted by atomic mass is 19.1. The number of nitrogens with zero attached hydrogens (tertiary/aromatic N) is 2. The van der Waals surface area contributed by atoms with Crippen molar-refractivity contribution in [3.63, 3.8) is 0 Å². The van der Waals surface area contributed by atoms with Crippen LogP contribution in [-0.4, -0.2) is 64.2 Å². The van der Waals surface area contributed by atoms with Crippen molar-refractivity contribution >= 4 is 10.8 Å². The van der Waals surface area contributed by atoms with Gasteiger partial charge in [0.25, 0.3) is 5.56 Å². The summed E-state index contributed by atoms with van der Waals surface area (Å²) in [6, 6.07) is 12.6. The van der Waals surface area contributed by atoms with E-state index in [9.17, 15) is 9.90 Å². The fourth-order valence-corrected chi connectivity index (χ4v) is 6.42. The molecule has 6 rings (SSSR count). The Morgan fingerprint density at radius 2 is 1.87 bits per heavy atom. The number of ether oxygens (including phenoxy) is 3. The molecule has 2 aromatic carbocycles. The quantitative estimate of drug-likeness (QED) is 0.445. The van der Waals surface area contributed by atoms with Gasteiger partial charge in [-0.1, -0.05) is 0 Å². The van der Waals surface area contributed by atoms with E-state index < -0.39 is 11.4 Å². The van der Waals surface area contributed by atoms with E-state index in [1.807, 2.05) is 26.0 Å². The second-order valence-corrected chi connectivity index (χ2v) is 11.9. The molecule has 1 unspecified atom stereocenters. The second-order valence-electron chi connectivity index (χ2n) is 11.9. The number of aliphatic hydroxyl groups is 1. The molecule has 0 saturated carbocycles. The van der Waals surface area contributed by atoms with Gasteiger partial charge < -0.3 is 19.3 Å². The lowest BCUT2D eigenvalue weighted by Gasteiger charge is -2.41. The van der Waals surface area contributed by atoms with E-state index in [-0.39, 0.29) is 23.5 Å². The molecule has 3 aliphatic rings. The number of rotatable bonds is 8. The van der Waals surface area contributed by atoms with E-state index in [4.69, 9.17) is 14.2 Å². The molecule has 2 bridgehead atoms. The Kier molecular flexibility index (Phi) is 7.12. The van der Waals surface area contributed by atoms with Gasteiger partial charge in [0, 0.05) is 42.9 Å². The second kappa shape index (κ2) is 10.6. The fraction of sp³-hybridized carbons (Fsp3) is 0.516. The van der Waals surface area contributed by atoms with Gasteiger partial charge in [-0.3, -0.25) is 14.3 Å². The van der Waals surface area contributed by atoms with Crippen LogP contribution < -0.4 is 15.0 Å². The van der Waals surface area contributed by atoms with E-state index in [1.165, 1.54) is 10.6 Å². The number of pyridine rings is 1. The van der Waals surface area contributed by atoms with Crippen LogP contribution in [0, 0.1) is 5.82 Å². The SMILES string of the molecule is CC(C)(O)CN1[C@@H]2CC[C@H]1CC(Oc1ccc(-n3ccc4cc(OC[C@@H]5CCCO5)ccc4c3=O)cc1F)C2. The van der Waals surface area contributed by atoms with Crippen molar-refractivity contribution in [3.8, 4) is 17.2 Å². The van der Waals surface area contributed by atoms with Gasteiger partial charge in [0.05, 0.1) is 17.4 Å². The van der Waals surface area contributed by atoms with Gasteiger partial charge in [0.2, 0.25) is 0 Å². The molecule has 4 atom stereocenters. The van der Waals surface area contributed by atoms with Crippen LogP contribution in [0.2, 0.25) is 0 Å². The van der Waals surface area contributed by atoms with Crippen LogP contribution in [0.3, 0.4) is 0 Å². The summed E-state index contributed by atoms with van der Waals surface area (Å²) in [5.41, 5.74) is -0.509. The molecule has 7 nitrogen and oxygen atoms in total. The molecule has 1 aromatic heterocycles. The minimum atomic E-state index is -0.738. The summed E-state index contributed by atoms with van der Waals surface area (Å²) in [5, 5.41) is 11.6. The maximum absolute atomic E-state index is 15.2. The van der Waals surface area contributed by atoms with Crippen LogP contribution in [0.15, 0.2) is 53.5 Å². The van der Waals surface area contributed by atoms with Crippen molar-refractivity contribution in [1.82, 2.24) is 9.47 Å². The van der Waals surface area contributed by atoms with Crippen LogP contribution in [-0.2, 0) is 4.74 Å². The highest BCUT2D eigenvalue weighted by Gasteiger charge is 2.43. The van der Waals surface area contributed by atoms with Gasteiger partial charge in [-0.25, -0.2) is 4.39 Å². The van der Waals surface area contributed by atoms with E-state index in [0.29, 0.717) is 42.1 Å². The number of fused-ring (bicyclic) bond motifs is 3. The Hall–Kier alpha value is -2.94. The molecule has 4 heterocycles. The predicted octanol–water partition coefficient (Wildman–Crippen LogP) is 4.83. The Morgan fingerprint density at radius 3 is 2.56 bits per heavy atom. The molecule has 3 fully saturated rings. The third-order valence-corrected chi connectivity index (χ3v) is 8.23. The minimum Gasteiger partial charge on any atom is -0.491 e. The highest BCUT2D eigenvalue weighted by molar-refractivity contribution is 5.83. The summed E-state index contributed by atoms with van der Waals surface area (Å²) < 4.78 is 34.3. The summed E-state index contributed by atoms with van der Waals surface area (Å²) in [4.78, 5) is 15.6. The van der Waals surface area contributed by atoms with Crippen molar-refractivity contribution in [2.75, 3.05) is 19.8 Å². The first kappa shape index (κ1) is 26.3. The lowest BCUT2D eigenvalue weighted by atomic mass is 9.97. The van der Waals surface area contributed by atoms with Crippen molar-refractivity contribution in [3.05, 3.63) is 64.8 Å². The van der Waals surface area contributed by atoms with Gasteiger partial charge in [0.1, 0.15) is 18.5 Å². The first-order chi connectivity index (χ1) is 18.7. The zero-order valence-corrected chi connectivity index (χ0v) is 22.6. The topological polar surface area (TPSA) is 73.2 Å². The van der Waals surface area contributed by atoms with Gasteiger partial charge >= 0.3 is 0 Å². The van der Waals surface area contributed by atoms with Crippen molar-refractivity contribution in [1.29, 1.82) is 0 Å². The monoisotopic (exact) mass is 536 g/mol. The summed E-state index contributed by atoms with van der Waals surface area (Å²) in [5.74, 6) is 0.423. The fourth-order valence-electron chi connectivity index (χ4n) is 6.42. The van der Waals surface area contributed by atoms with Crippen molar-refractivity contribution in [2.24, 2.45) is 0 Å². The molecule has 1 N–H and O–H groups in total. The third kappa shape index (κ3) is 5.69. The smallest absolute Gasteiger partial charge is 0.262 e. The zero-order chi connectivity index (χ0) is 27.1. The molecule has 0 radical (unpaired) electrons. The summed E-state index contributed by atoms with van der Waals surface area (Å²) in [6.45, 7) is 5.60. The van der Waals surface area contributed by atoms with Gasteiger partial charge in [-0.05, 0) is 94.2 Å². The summed E-state index contributed by atoms with van der Waals surface area (Å²) >= 11 is 0. The number of hydrogen-bond donors (Lipinski definition) is 1. The van der Waals surface area contributed by atoms with Crippen LogP contribution in [0.25, 0.3) is 16.5 Å². The molecule has 3 saturated heterocycles. The lowest BCUT2D eigenvalue weighted by molar-refractivity contribution is -0.0174. The average Bonchev–Trinajstić information content (AvgIpc) is 3.48. The van der Waals surface area contributed by atoms with Gasteiger partial charge in [-0.15, -0.1) is 0 Å². The Balaban J connectivity index is 1.14. The summed E-state index contributed by atoms with van der Waals surface area (Å²) in [6.07, 6.45) is 7.57. The van der Waals surface area contributed by atoms with Gasteiger partial charge in [-0.2, -0.15) is 0 Å². The highest BCUT2D eigenvalue weighted by Crippen LogP contribution is 2.38. The predicted molar refractivity (Wildman–Crippen MR) is 147 cm³/mol. The standard InChI is InChI=1S/C31H37FN2O5/c1-31(2,36)19-34-21-5-6-22(34)16-26(15-21)39-29-10-7-23(17-28(29)32)33-12-11-20-14-24(8-9-27(20)30(33)35)38-18-25-4-3-13-37-25/h7-12,14,17,21-22,25-26,36H,3-6,13,15-16,18-19H2,1-2H3/t21-,22+,25-,26?/m0/s1. The largest absolute Gasteiger partial charge is 0.491 e. The Labute approximate surface area is 228 Å². The molecular weight excluding hydrogens is 499 g/mol.